The van der Waals surface area contributed by atoms with Gasteiger partial charge in [-0.15, -0.1) is 0 Å². The molecule has 3 N–H and O–H groups in total. The van der Waals surface area contributed by atoms with Crippen molar-refractivity contribution in [1.82, 2.24) is 5.32 Å². The van der Waals surface area contributed by atoms with Gasteiger partial charge in [-0.2, -0.15) is 0 Å². The molecule has 0 saturated heterocycles. The molecule has 64 heavy (non-hydrogen) atoms. The van der Waals surface area contributed by atoms with E-state index < -0.39 is 18.2 Å². The molecule has 6 heteroatoms. The largest absolute Gasteiger partial charge is 0.462 e. The smallest absolute Gasteiger partial charge is 0.306 e. The maximum Gasteiger partial charge on any atom is 0.306 e. The average molecular weight is 905 g/mol. The molecule has 3 unspecified atom stereocenters. The van der Waals surface area contributed by atoms with E-state index in [2.05, 4.69) is 38.2 Å². The number of amides is 1. The fourth-order valence-corrected chi connectivity index (χ4v) is 9.19. The van der Waals surface area contributed by atoms with Crippen molar-refractivity contribution in [2.24, 2.45) is 0 Å². The van der Waals surface area contributed by atoms with E-state index in [0.29, 0.717) is 19.3 Å². The Labute approximate surface area is 399 Å². The Bertz CT molecular complexity index is 970. The van der Waals surface area contributed by atoms with Crippen molar-refractivity contribution in [3.05, 3.63) is 12.2 Å². The lowest BCUT2D eigenvalue weighted by Gasteiger charge is -2.24. The SMILES string of the molecule is CCCCCCCCC/C=C/CCCCCCCC(=O)OC(CCCCCCCCCCCCCCCC)CC(=O)NC(CO)C(O)CCCCCCCCCCCCCCCCC. The molecule has 0 radical (unpaired) electrons. The third-order valence-electron chi connectivity index (χ3n) is 13.6. The quantitative estimate of drug-likeness (QED) is 0.0321. The zero-order valence-corrected chi connectivity index (χ0v) is 43.4. The summed E-state index contributed by atoms with van der Waals surface area (Å²) in [6.45, 7) is 6.52. The second kappa shape index (κ2) is 52.6. The first-order valence-electron chi connectivity index (χ1n) is 28.9. The fraction of sp³-hybridized carbons (Fsp3) is 0.931. The molecule has 0 spiro atoms. The van der Waals surface area contributed by atoms with Crippen LogP contribution in [0.3, 0.4) is 0 Å². The van der Waals surface area contributed by atoms with Gasteiger partial charge in [-0.3, -0.25) is 9.59 Å². The number of allylic oxidation sites excluding steroid dienone is 2. The van der Waals surface area contributed by atoms with E-state index in [-0.39, 0.29) is 24.9 Å². The molecule has 6 nitrogen and oxygen atoms in total. The number of aliphatic hydroxyl groups excluding tert-OH is 2. The van der Waals surface area contributed by atoms with Gasteiger partial charge in [0, 0.05) is 6.42 Å². The summed E-state index contributed by atoms with van der Waals surface area (Å²) in [6, 6.07) is -0.697. The number of unbranched alkanes of at least 4 members (excludes halogenated alkanes) is 39. The molecular formula is C58H113NO5. The van der Waals surface area contributed by atoms with E-state index in [1.54, 1.807) is 0 Å². The molecule has 0 aromatic heterocycles. The van der Waals surface area contributed by atoms with E-state index in [9.17, 15) is 19.8 Å². The highest BCUT2D eigenvalue weighted by Gasteiger charge is 2.24. The predicted octanol–water partition coefficient (Wildman–Crippen LogP) is 17.7. The topological polar surface area (TPSA) is 95.9 Å². The summed E-state index contributed by atoms with van der Waals surface area (Å²) in [5.74, 6) is -0.461. The number of aliphatic hydroxyl groups is 2. The summed E-state index contributed by atoms with van der Waals surface area (Å²) in [7, 11) is 0. The highest BCUT2D eigenvalue weighted by Crippen LogP contribution is 2.19. The molecule has 0 aliphatic carbocycles. The molecule has 3 atom stereocenters. The van der Waals surface area contributed by atoms with Gasteiger partial charge >= 0.3 is 5.97 Å². The van der Waals surface area contributed by atoms with Crippen LogP contribution in [0.25, 0.3) is 0 Å². The van der Waals surface area contributed by atoms with Gasteiger partial charge in [0.05, 0.1) is 25.2 Å². The normalized spacial score (nSPS) is 13.1. The van der Waals surface area contributed by atoms with Crippen LogP contribution in [0.4, 0.5) is 0 Å². The van der Waals surface area contributed by atoms with E-state index in [0.717, 1.165) is 51.4 Å². The zero-order chi connectivity index (χ0) is 46.7. The Morgan fingerprint density at radius 2 is 0.750 bits per heavy atom. The monoisotopic (exact) mass is 904 g/mol. The summed E-state index contributed by atoms with van der Waals surface area (Å²) >= 11 is 0. The van der Waals surface area contributed by atoms with Gasteiger partial charge in [-0.1, -0.05) is 270 Å². The van der Waals surface area contributed by atoms with Crippen molar-refractivity contribution < 1.29 is 24.5 Å². The number of ether oxygens (including phenoxy) is 1. The summed E-state index contributed by atoms with van der Waals surface area (Å²) in [5.41, 5.74) is 0. The lowest BCUT2D eigenvalue weighted by Crippen LogP contribution is -2.46. The van der Waals surface area contributed by atoms with Crippen LogP contribution in [0.5, 0.6) is 0 Å². The van der Waals surface area contributed by atoms with Crippen molar-refractivity contribution in [2.45, 2.75) is 341 Å². The van der Waals surface area contributed by atoms with Gasteiger partial charge in [0.25, 0.3) is 0 Å². The fourth-order valence-electron chi connectivity index (χ4n) is 9.19. The minimum Gasteiger partial charge on any atom is -0.462 e. The first-order chi connectivity index (χ1) is 31.5. The minimum atomic E-state index is -0.784. The standard InChI is InChI=1S/C58H113NO5/c1-4-7-10-13-16-19-22-25-28-30-33-36-39-42-45-48-51-58(63)64-54(49-46-43-40-37-34-31-27-24-21-18-15-12-9-6-3)52-57(62)59-55(53-60)56(61)50-47-44-41-38-35-32-29-26-23-20-17-14-11-8-5-2/h28,30,54-56,60-61H,4-27,29,31-53H2,1-3H3,(H,59,62)/b30-28+. The Morgan fingerprint density at radius 3 is 1.11 bits per heavy atom. The van der Waals surface area contributed by atoms with E-state index in [1.165, 1.54) is 225 Å². The first-order valence-corrected chi connectivity index (χ1v) is 28.9. The van der Waals surface area contributed by atoms with Gasteiger partial charge in [-0.25, -0.2) is 0 Å². The number of rotatable bonds is 53. The molecular weight excluding hydrogens is 791 g/mol. The van der Waals surface area contributed by atoms with Crippen LogP contribution >= 0.6 is 0 Å². The van der Waals surface area contributed by atoms with Crippen LogP contribution in [0, 0.1) is 0 Å². The lowest BCUT2D eigenvalue weighted by atomic mass is 10.0. The number of nitrogens with one attached hydrogen (secondary N) is 1. The van der Waals surface area contributed by atoms with Gasteiger partial charge in [-0.05, 0) is 51.4 Å². The van der Waals surface area contributed by atoms with Crippen LogP contribution < -0.4 is 5.32 Å². The van der Waals surface area contributed by atoms with E-state index in [1.807, 2.05) is 0 Å². The maximum atomic E-state index is 13.3. The summed E-state index contributed by atoms with van der Waals surface area (Å²) < 4.78 is 5.96. The van der Waals surface area contributed by atoms with Crippen LogP contribution in [0.1, 0.15) is 323 Å². The van der Waals surface area contributed by atoms with Crippen LogP contribution in [-0.2, 0) is 14.3 Å². The second-order valence-electron chi connectivity index (χ2n) is 20.1. The highest BCUT2D eigenvalue weighted by molar-refractivity contribution is 5.77. The van der Waals surface area contributed by atoms with E-state index >= 15 is 0 Å². The van der Waals surface area contributed by atoms with Gasteiger partial charge in [0.1, 0.15) is 6.10 Å². The van der Waals surface area contributed by atoms with Crippen LogP contribution in [0.2, 0.25) is 0 Å². The van der Waals surface area contributed by atoms with Crippen LogP contribution in [-0.4, -0.2) is 46.9 Å². The molecule has 0 aliphatic rings. The third-order valence-corrected chi connectivity index (χ3v) is 13.6. The number of hydrogen-bond donors (Lipinski definition) is 3. The third kappa shape index (κ3) is 47.1. The maximum absolute atomic E-state index is 13.3. The summed E-state index contributed by atoms with van der Waals surface area (Å²) in [5, 5.41) is 23.9. The van der Waals surface area contributed by atoms with Gasteiger partial charge in [0.2, 0.25) is 5.91 Å². The molecule has 1 amide bonds. The Kier molecular flexibility index (Phi) is 51.4. The molecule has 380 valence electrons. The number of carbonyl (C=O) groups excluding carboxylic acids is 2. The second-order valence-corrected chi connectivity index (χ2v) is 20.1. The van der Waals surface area contributed by atoms with Crippen molar-refractivity contribution in [1.29, 1.82) is 0 Å². The molecule has 0 aromatic rings. The first kappa shape index (κ1) is 62.6. The summed E-state index contributed by atoms with van der Waals surface area (Å²) in [4.78, 5) is 26.3. The Hall–Kier alpha value is -1.40. The molecule has 0 bridgehead atoms. The minimum absolute atomic E-state index is 0.0822. The van der Waals surface area contributed by atoms with Gasteiger partial charge in [0.15, 0.2) is 0 Å². The Balaban J connectivity index is 4.51. The predicted molar refractivity (Wildman–Crippen MR) is 278 cm³/mol. The van der Waals surface area contributed by atoms with E-state index in [4.69, 9.17) is 4.74 Å². The molecule has 0 aliphatic heterocycles. The van der Waals surface area contributed by atoms with Crippen molar-refractivity contribution in [3.8, 4) is 0 Å². The summed E-state index contributed by atoms with van der Waals surface area (Å²) in [6.07, 6.45) is 59.9. The van der Waals surface area contributed by atoms with Gasteiger partial charge < -0.3 is 20.3 Å². The molecule has 0 heterocycles. The zero-order valence-electron chi connectivity index (χ0n) is 43.4. The number of carbonyl (C=O) groups is 2. The van der Waals surface area contributed by atoms with Crippen molar-refractivity contribution in [3.63, 3.8) is 0 Å². The Morgan fingerprint density at radius 1 is 0.438 bits per heavy atom. The molecule has 0 rings (SSSR count). The average Bonchev–Trinajstić information content (AvgIpc) is 3.29. The molecule has 0 aromatic carbocycles. The number of hydrogen-bond acceptors (Lipinski definition) is 5. The van der Waals surface area contributed by atoms with Crippen molar-refractivity contribution in [2.75, 3.05) is 6.61 Å². The van der Waals surface area contributed by atoms with Crippen LogP contribution in [0.15, 0.2) is 12.2 Å². The molecule has 0 saturated carbocycles. The van der Waals surface area contributed by atoms with Crippen molar-refractivity contribution >= 4 is 11.9 Å². The molecule has 0 fully saturated rings. The number of esters is 1. The lowest BCUT2D eigenvalue weighted by molar-refractivity contribution is -0.151. The highest BCUT2D eigenvalue weighted by atomic mass is 16.5.